The number of ketones is 1. The van der Waals surface area contributed by atoms with Gasteiger partial charge in [0.05, 0.1) is 12.7 Å². The van der Waals surface area contributed by atoms with Crippen LogP contribution in [0.2, 0.25) is 0 Å². The van der Waals surface area contributed by atoms with E-state index >= 15 is 0 Å². The molecule has 0 aromatic heterocycles. The number of fused-ring (bicyclic) bond motifs is 1. The van der Waals surface area contributed by atoms with Crippen molar-refractivity contribution in [1.29, 1.82) is 0 Å². The van der Waals surface area contributed by atoms with Crippen LogP contribution in [0.4, 0.5) is 0 Å². The lowest BCUT2D eigenvalue weighted by atomic mass is 9.68. The first kappa shape index (κ1) is 10.9. The highest BCUT2D eigenvalue weighted by Crippen LogP contribution is 2.49. The summed E-state index contributed by atoms with van der Waals surface area (Å²) in [4.78, 5) is 12.2. The van der Waals surface area contributed by atoms with E-state index in [4.69, 9.17) is 9.47 Å². The SMILES string of the molecule is C=C(C)C1(OC)C(=O)c2c(OC)cccc21. The van der Waals surface area contributed by atoms with Gasteiger partial charge in [0.1, 0.15) is 5.75 Å². The number of carbonyl (C=O) groups excluding carboxylic acids is 1. The second kappa shape index (κ2) is 3.46. The zero-order valence-electron chi connectivity index (χ0n) is 9.66. The Labute approximate surface area is 94.7 Å². The normalized spacial score (nSPS) is 22.3. The van der Waals surface area contributed by atoms with Crippen molar-refractivity contribution in [2.75, 3.05) is 14.2 Å². The van der Waals surface area contributed by atoms with E-state index in [1.54, 1.807) is 20.1 Å². The second-order valence-electron chi connectivity index (χ2n) is 3.88. The topological polar surface area (TPSA) is 35.5 Å². The molecule has 0 aliphatic heterocycles. The van der Waals surface area contributed by atoms with Crippen molar-refractivity contribution in [3.05, 3.63) is 41.5 Å². The molecule has 0 N–H and O–H groups in total. The summed E-state index contributed by atoms with van der Waals surface area (Å²) >= 11 is 0. The lowest BCUT2D eigenvalue weighted by molar-refractivity contribution is 0.00830. The summed E-state index contributed by atoms with van der Waals surface area (Å²) < 4.78 is 10.5. The molecule has 0 heterocycles. The van der Waals surface area contributed by atoms with Crippen LogP contribution in [-0.4, -0.2) is 20.0 Å². The summed E-state index contributed by atoms with van der Waals surface area (Å²) in [5.41, 5.74) is 1.17. The van der Waals surface area contributed by atoms with Crippen molar-refractivity contribution in [3.8, 4) is 5.75 Å². The number of carbonyl (C=O) groups is 1. The predicted molar refractivity (Wildman–Crippen MR) is 60.8 cm³/mol. The Morgan fingerprint density at radius 2 is 2.06 bits per heavy atom. The summed E-state index contributed by atoms with van der Waals surface area (Å²) in [5, 5.41) is 0. The zero-order chi connectivity index (χ0) is 11.9. The van der Waals surface area contributed by atoms with Crippen molar-refractivity contribution < 1.29 is 14.3 Å². The minimum atomic E-state index is -0.968. The molecule has 84 valence electrons. The average molecular weight is 218 g/mol. The number of rotatable bonds is 3. The molecule has 0 bridgehead atoms. The van der Waals surface area contributed by atoms with Crippen molar-refractivity contribution in [2.45, 2.75) is 12.5 Å². The Kier molecular flexibility index (Phi) is 2.35. The van der Waals surface area contributed by atoms with Crippen LogP contribution < -0.4 is 4.74 Å². The van der Waals surface area contributed by atoms with Gasteiger partial charge in [-0.15, -0.1) is 0 Å². The van der Waals surface area contributed by atoms with Gasteiger partial charge in [0.2, 0.25) is 5.78 Å². The molecule has 1 aliphatic rings. The Morgan fingerprint density at radius 3 is 2.56 bits per heavy atom. The van der Waals surface area contributed by atoms with Crippen LogP contribution in [0.25, 0.3) is 0 Å². The first-order valence-corrected chi connectivity index (χ1v) is 5.03. The maximum Gasteiger partial charge on any atom is 0.207 e. The molecular formula is C13H14O3. The molecule has 0 amide bonds. The number of hydrogen-bond donors (Lipinski definition) is 0. The standard InChI is InChI=1S/C13H14O3/c1-8(2)13(16-4)9-6-5-7-10(15-3)11(9)12(13)14/h5-7H,1H2,2-4H3. The van der Waals surface area contributed by atoms with Gasteiger partial charge >= 0.3 is 0 Å². The number of methoxy groups -OCH3 is 2. The summed E-state index contributed by atoms with van der Waals surface area (Å²) in [5.74, 6) is 0.520. The Bertz CT molecular complexity index is 476. The van der Waals surface area contributed by atoms with Crippen LogP contribution in [0.1, 0.15) is 22.8 Å². The van der Waals surface area contributed by atoms with Gasteiger partial charge < -0.3 is 9.47 Å². The van der Waals surface area contributed by atoms with Crippen LogP contribution in [0, 0.1) is 0 Å². The van der Waals surface area contributed by atoms with Crippen molar-refractivity contribution in [3.63, 3.8) is 0 Å². The van der Waals surface area contributed by atoms with Crippen molar-refractivity contribution in [1.82, 2.24) is 0 Å². The molecule has 1 aromatic carbocycles. The van der Waals surface area contributed by atoms with Crippen molar-refractivity contribution in [2.24, 2.45) is 0 Å². The Hall–Kier alpha value is -1.61. The molecule has 3 heteroatoms. The van der Waals surface area contributed by atoms with Gasteiger partial charge in [-0.05, 0) is 18.6 Å². The number of ether oxygens (including phenoxy) is 2. The van der Waals surface area contributed by atoms with Crippen LogP contribution in [-0.2, 0) is 10.3 Å². The molecule has 0 radical (unpaired) electrons. The predicted octanol–water partition coefficient (Wildman–Crippen LogP) is 2.31. The summed E-state index contributed by atoms with van der Waals surface area (Å²) in [6.45, 7) is 5.63. The van der Waals surface area contributed by atoms with Crippen LogP contribution in [0.3, 0.4) is 0 Å². The smallest absolute Gasteiger partial charge is 0.207 e. The van der Waals surface area contributed by atoms with Gasteiger partial charge in [-0.1, -0.05) is 18.7 Å². The molecular weight excluding hydrogens is 204 g/mol. The molecule has 1 unspecified atom stereocenters. The minimum Gasteiger partial charge on any atom is -0.496 e. The average Bonchev–Trinajstić information content (AvgIpc) is 2.28. The highest BCUT2D eigenvalue weighted by Gasteiger charge is 2.54. The van der Waals surface area contributed by atoms with Gasteiger partial charge in [-0.2, -0.15) is 0 Å². The molecule has 1 aliphatic carbocycles. The van der Waals surface area contributed by atoms with Gasteiger partial charge in [-0.25, -0.2) is 0 Å². The van der Waals surface area contributed by atoms with Crippen LogP contribution in [0.15, 0.2) is 30.4 Å². The molecule has 1 aromatic rings. The summed E-state index contributed by atoms with van der Waals surface area (Å²) in [7, 11) is 3.07. The molecule has 0 spiro atoms. The highest BCUT2D eigenvalue weighted by molar-refractivity contribution is 6.16. The maximum absolute atomic E-state index is 12.2. The number of Topliss-reactive ketones (excluding diaryl/α,β-unsaturated/α-hetero) is 1. The first-order chi connectivity index (χ1) is 7.59. The lowest BCUT2D eigenvalue weighted by Gasteiger charge is -2.41. The van der Waals surface area contributed by atoms with E-state index in [-0.39, 0.29) is 5.78 Å². The van der Waals surface area contributed by atoms with E-state index in [1.165, 1.54) is 7.11 Å². The fourth-order valence-corrected chi connectivity index (χ4v) is 2.27. The van der Waals surface area contributed by atoms with E-state index in [1.807, 2.05) is 12.1 Å². The Balaban J connectivity index is 2.65. The van der Waals surface area contributed by atoms with Crippen LogP contribution >= 0.6 is 0 Å². The maximum atomic E-state index is 12.2. The van der Waals surface area contributed by atoms with E-state index in [2.05, 4.69) is 6.58 Å². The van der Waals surface area contributed by atoms with Gasteiger partial charge in [0.15, 0.2) is 5.60 Å². The van der Waals surface area contributed by atoms with E-state index in [9.17, 15) is 4.79 Å². The Morgan fingerprint density at radius 1 is 1.38 bits per heavy atom. The van der Waals surface area contributed by atoms with E-state index in [0.29, 0.717) is 16.9 Å². The monoisotopic (exact) mass is 218 g/mol. The van der Waals surface area contributed by atoms with Crippen molar-refractivity contribution >= 4 is 5.78 Å². The molecule has 16 heavy (non-hydrogen) atoms. The van der Waals surface area contributed by atoms with Gasteiger partial charge in [0.25, 0.3) is 0 Å². The minimum absolute atomic E-state index is 0.0741. The largest absolute Gasteiger partial charge is 0.496 e. The van der Waals surface area contributed by atoms with E-state index < -0.39 is 5.60 Å². The molecule has 0 fully saturated rings. The summed E-state index contributed by atoms with van der Waals surface area (Å²) in [6, 6.07) is 5.49. The van der Waals surface area contributed by atoms with Gasteiger partial charge in [-0.3, -0.25) is 4.79 Å². The highest BCUT2D eigenvalue weighted by atomic mass is 16.5. The number of benzene rings is 1. The zero-order valence-corrected chi connectivity index (χ0v) is 9.66. The third kappa shape index (κ3) is 1.04. The molecule has 0 saturated heterocycles. The quantitative estimate of drug-likeness (QED) is 0.730. The second-order valence-corrected chi connectivity index (χ2v) is 3.88. The lowest BCUT2D eigenvalue weighted by Crippen LogP contribution is -2.48. The molecule has 1 atom stereocenters. The fourth-order valence-electron chi connectivity index (χ4n) is 2.27. The first-order valence-electron chi connectivity index (χ1n) is 5.03. The molecule has 3 nitrogen and oxygen atoms in total. The van der Waals surface area contributed by atoms with E-state index in [0.717, 1.165) is 5.56 Å². The third-order valence-electron chi connectivity index (χ3n) is 3.08. The molecule has 0 saturated carbocycles. The molecule has 2 rings (SSSR count). The summed E-state index contributed by atoms with van der Waals surface area (Å²) in [6.07, 6.45) is 0. The van der Waals surface area contributed by atoms with Gasteiger partial charge in [0, 0.05) is 12.7 Å². The van der Waals surface area contributed by atoms with Crippen LogP contribution in [0.5, 0.6) is 5.75 Å². The fraction of sp³-hybridized carbons (Fsp3) is 0.308. The third-order valence-corrected chi connectivity index (χ3v) is 3.08. The number of hydrogen-bond acceptors (Lipinski definition) is 3.